The van der Waals surface area contributed by atoms with Crippen molar-refractivity contribution in [2.45, 2.75) is 13.5 Å². The molecule has 1 amide bonds. The normalized spacial score (nSPS) is 10.4. The number of aromatic nitrogens is 1. The van der Waals surface area contributed by atoms with Gasteiger partial charge in [0.2, 0.25) is 0 Å². The van der Waals surface area contributed by atoms with Crippen molar-refractivity contribution in [2.24, 2.45) is 0 Å². The van der Waals surface area contributed by atoms with Crippen LogP contribution in [-0.2, 0) is 6.54 Å². The van der Waals surface area contributed by atoms with Crippen LogP contribution in [0.4, 0.5) is 8.78 Å². The van der Waals surface area contributed by atoms with Crippen LogP contribution in [0, 0.1) is 18.6 Å². The zero-order valence-electron chi connectivity index (χ0n) is 10.6. The smallest absolute Gasteiger partial charge is 0.254 e. The fraction of sp³-hybridized carbons (Fsp3) is 0.143. The molecule has 0 saturated carbocycles. The van der Waals surface area contributed by atoms with Gasteiger partial charge in [0.25, 0.3) is 5.91 Å². The number of hydrogen-bond donors (Lipinski definition) is 1. The third kappa shape index (κ3) is 3.30. The summed E-state index contributed by atoms with van der Waals surface area (Å²) in [6, 6.07) is 5.05. The third-order valence-electron chi connectivity index (χ3n) is 2.66. The molecule has 6 heteroatoms. The molecular weight excluding hydrogens is 286 g/mol. The van der Waals surface area contributed by atoms with Gasteiger partial charge in [-0.2, -0.15) is 0 Å². The first-order chi connectivity index (χ1) is 9.47. The topological polar surface area (TPSA) is 42.0 Å². The maximum atomic E-state index is 13.0. The van der Waals surface area contributed by atoms with Crippen LogP contribution in [0.2, 0.25) is 5.15 Å². The molecule has 2 rings (SSSR count). The second kappa shape index (κ2) is 5.96. The zero-order valence-corrected chi connectivity index (χ0v) is 11.3. The number of rotatable bonds is 3. The Morgan fingerprint density at radius 2 is 2.05 bits per heavy atom. The summed E-state index contributed by atoms with van der Waals surface area (Å²) in [6.07, 6.45) is 1.55. The highest BCUT2D eigenvalue weighted by atomic mass is 35.5. The van der Waals surface area contributed by atoms with Crippen LogP contribution in [0.25, 0.3) is 0 Å². The molecule has 0 spiro atoms. The molecule has 20 heavy (non-hydrogen) atoms. The number of nitrogens with one attached hydrogen (secondary N) is 1. The fourth-order valence-electron chi connectivity index (χ4n) is 1.64. The van der Waals surface area contributed by atoms with Gasteiger partial charge in [-0.15, -0.1) is 0 Å². The monoisotopic (exact) mass is 296 g/mol. The molecule has 0 aliphatic carbocycles. The third-order valence-corrected chi connectivity index (χ3v) is 2.96. The van der Waals surface area contributed by atoms with Crippen molar-refractivity contribution in [3.63, 3.8) is 0 Å². The van der Waals surface area contributed by atoms with Gasteiger partial charge >= 0.3 is 0 Å². The maximum Gasteiger partial charge on any atom is 0.254 e. The molecule has 0 unspecified atom stereocenters. The summed E-state index contributed by atoms with van der Waals surface area (Å²) in [5.41, 5.74) is 1.50. The van der Waals surface area contributed by atoms with Crippen LogP contribution in [0.3, 0.4) is 0 Å². The summed E-state index contributed by atoms with van der Waals surface area (Å²) >= 11 is 5.84. The van der Waals surface area contributed by atoms with Gasteiger partial charge in [0.05, 0.1) is 5.56 Å². The minimum Gasteiger partial charge on any atom is -0.348 e. The standard InChI is InChI=1S/C14H11ClF2N2O/c1-8-4-10(13(15)18-6-8)14(20)19-7-9-2-3-11(16)12(17)5-9/h2-6H,7H2,1H3,(H,19,20). The number of aryl methyl sites for hydroxylation is 1. The van der Waals surface area contributed by atoms with Gasteiger partial charge in [-0.3, -0.25) is 4.79 Å². The van der Waals surface area contributed by atoms with Crippen molar-refractivity contribution in [3.05, 3.63) is 63.9 Å². The molecule has 1 aromatic heterocycles. The average molecular weight is 297 g/mol. The van der Waals surface area contributed by atoms with Crippen molar-refractivity contribution in [3.8, 4) is 0 Å². The molecule has 1 aromatic carbocycles. The molecule has 0 aliphatic rings. The summed E-state index contributed by atoms with van der Waals surface area (Å²) in [5, 5.41) is 2.67. The molecular formula is C14H11ClF2N2O. The highest BCUT2D eigenvalue weighted by Gasteiger charge is 2.12. The van der Waals surface area contributed by atoms with Crippen LogP contribution in [0.1, 0.15) is 21.5 Å². The SMILES string of the molecule is Cc1cnc(Cl)c(C(=O)NCc2ccc(F)c(F)c2)c1. The van der Waals surface area contributed by atoms with Crippen LogP contribution in [-0.4, -0.2) is 10.9 Å². The first-order valence-electron chi connectivity index (χ1n) is 5.81. The predicted octanol–water partition coefficient (Wildman–Crippen LogP) is 3.25. The number of nitrogens with zero attached hydrogens (tertiary/aromatic N) is 1. The lowest BCUT2D eigenvalue weighted by Gasteiger charge is -2.07. The Bertz CT molecular complexity index is 662. The van der Waals surface area contributed by atoms with Gasteiger partial charge in [-0.05, 0) is 36.2 Å². The molecule has 0 radical (unpaired) electrons. The fourth-order valence-corrected chi connectivity index (χ4v) is 1.83. The Kier molecular flexibility index (Phi) is 4.29. The van der Waals surface area contributed by atoms with E-state index in [0.717, 1.165) is 17.7 Å². The molecule has 0 bridgehead atoms. The summed E-state index contributed by atoms with van der Waals surface area (Å²) in [5.74, 6) is -2.30. The molecule has 104 valence electrons. The highest BCUT2D eigenvalue weighted by Crippen LogP contribution is 2.14. The minimum absolute atomic E-state index is 0.0697. The van der Waals surface area contributed by atoms with Crippen molar-refractivity contribution in [1.29, 1.82) is 0 Å². The van der Waals surface area contributed by atoms with Gasteiger partial charge in [0.15, 0.2) is 11.6 Å². The number of amides is 1. The Hall–Kier alpha value is -2.01. The lowest BCUT2D eigenvalue weighted by Crippen LogP contribution is -2.23. The lowest BCUT2D eigenvalue weighted by molar-refractivity contribution is 0.0950. The number of hydrogen-bond acceptors (Lipinski definition) is 2. The van der Waals surface area contributed by atoms with E-state index in [0.29, 0.717) is 5.56 Å². The van der Waals surface area contributed by atoms with Gasteiger partial charge in [0, 0.05) is 12.7 Å². The molecule has 1 N–H and O–H groups in total. The molecule has 3 nitrogen and oxygen atoms in total. The number of halogens is 3. The molecule has 0 saturated heterocycles. The van der Waals surface area contributed by atoms with E-state index >= 15 is 0 Å². The molecule has 1 heterocycles. The molecule has 0 fully saturated rings. The Morgan fingerprint density at radius 3 is 2.75 bits per heavy atom. The van der Waals surface area contributed by atoms with Crippen LogP contribution < -0.4 is 5.32 Å². The van der Waals surface area contributed by atoms with Crippen LogP contribution in [0.15, 0.2) is 30.5 Å². The molecule has 2 aromatic rings. The zero-order chi connectivity index (χ0) is 14.7. The first-order valence-corrected chi connectivity index (χ1v) is 6.19. The maximum absolute atomic E-state index is 13.0. The quantitative estimate of drug-likeness (QED) is 0.884. The van der Waals surface area contributed by atoms with E-state index in [4.69, 9.17) is 11.6 Å². The van der Waals surface area contributed by atoms with E-state index in [-0.39, 0.29) is 17.3 Å². The van der Waals surface area contributed by atoms with Gasteiger partial charge in [0.1, 0.15) is 5.15 Å². The van der Waals surface area contributed by atoms with E-state index in [1.807, 2.05) is 0 Å². The van der Waals surface area contributed by atoms with E-state index in [1.165, 1.54) is 6.07 Å². The number of carbonyl (C=O) groups is 1. The lowest BCUT2D eigenvalue weighted by atomic mass is 10.2. The van der Waals surface area contributed by atoms with E-state index in [9.17, 15) is 13.6 Å². The predicted molar refractivity (Wildman–Crippen MR) is 71.5 cm³/mol. The first kappa shape index (κ1) is 14.4. The molecule has 0 aliphatic heterocycles. The number of carbonyl (C=O) groups excluding carboxylic acids is 1. The van der Waals surface area contributed by atoms with E-state index < -0.39 is 17.5 Å². The van der Waals surface area contributed by atoms with Gasteiger partial charge < -0.3 is 5.32 Å². The highest BCUT2D eigenvalue weighted by molar-refractivity contribution is 6.32. The second-order valence-electron chi connectivity index (χ2n) is 4.28. The summed E-state index contributed by atoms with van der Waals surface area (Å²) in [6.45, 7) is 1.86. The number of benzene rings is 1. The molecule has 0 atom stereocenters. The summed E-state index contributed by atoms with van der Waals surface area (Å²) < 4.78 is 25.8. The van der Waals surface area contributed by atoms with E-state index in [1.54, 1.807) is 19.2 Å². The largest absolute Gasteiger partial charge is 0.348 e. The van der Waals surface area contributed by atoms with Crippen LogP contribution >= 0.6 is 11.6 Å². The van der Waals surface area contributed by atoms with Crippen molar-refractivity contribution < 1.29 is 13.6 Å². The average Bonchev–Trinajstić information content (AvgIpc) is 2.42. The van der Waals surface area contributed by atoms with E-state index in [2.05, 4.69) is 10.3 Å². The van der Waals surface area contributed by atoms with Gasteiger partial charge in [-0.25, -0.2) is 13.8 Å². The Morgan fingerprint density at radius 1 is 1.30 bits per heavy atom. The van der Waals surface area contributed by atoms with Gasteiger partial charge in [-0.1, -0.05) is 17.7 Å². The Balaban J connectivity index is 2.08. The van der Waals surface area contributed by atoms with Crippen LogP contribution in [0.5, 0.6) is 0 Å². The summed E-state index contributed by atoms with van der Waals surface area (Å²) in [7, 11) is 0. The Labute approximate surface area is 119 Å². The second-order valence-corrected chi connectivity index (χ2v) is 4.64. The number of pyridine rings is 1. The summed E-state index contributed by atoms with van der Waals surface area (Å²) in [4.78, 5) is 15.8. The van der Waals surface area contributed by atoms with Crippen molar-refractivity contribution >= 4 is 17.5 Å². The minimum atomic E-state index is -0.952. The van der Waals surface area contributed by atoms with Crippen molar-refractivity contribution in [1.82, 2.24) is 10.3 Å². The van der Waals surface area contributed by atoms with Crippen molar-refractivity contribution in [2.75, 3.05) is 0 Å².